The summed E-state index contributed by atoms with van der Waals surface area (Å²) in [5.41, 5.74) is 5.09. The zero-order valence-electron chi connectivity index (χ0n) is 12.1. The number of benzene rings is 2. The highest BCUT2D eigenvalue weighted by atomic mass is 32.2. The predicted molar refractivity (Wildman–Crippen MR) is 82.7 cm³/mol. The minimum absolute atomic E-state index is 0.0232. The molecule has 116 valence electrons. The zero-order valence-corrected chi connectivity index (χ0v) is 12.9. The molecule has 6 heteroatoms. The van der Waals surface area contributed by atoms with Crippen LogP contribution in [-0.2, 0) is 12.8 Å². The van der Waals surface area contributed by atoms with Gasteiger partial charge in [-0.25, -0.2) is 8.78 Å². The normalized spacial score (nSPS) is 13.5. The first-order valence-corrected chi connectivity index (χ1v) is 7.82. The highest BCUT2D eigenvalue weighted by Gasteiger charge is 2.14. The van der Waals surface area contributed by atoms with Gasteiger partial charge in [0.15, 0.2) is 5.82 Å². The molecule has 0 heterocycles. The summed E-state index contributed by atoms with van der Waals surface area (Å²) in [5, 5.41) is 9.91. The Bertz CT molecular complexity index is 709. The number of aryl methyl sites for hydroxylation is 2. The van der Waals surface area contributed by atoms with Gasteiger partial charge in [0.25, 0.3) is 0 Å². The first kappa shape index (κ1) is 15.3. The van der Waals surface area contributed by atoms with Gasteiger partial charge in [0, 0.05) is 22.4 Å². The van der Waals surface area contributed by atoms with Crippen LogP contribution in [0.25, 0.3) is 0 Å². The summed E-state index contributed by atoms with van der Waals surface area (Å²) >= 11 is 1.04. The van der Waals surface area contributed by atoms with Crippen molar-refractivity contribution < 1.29 is 14.0 Å². The summed E-state index contributed by atoms with van der Waals surface area (Å²) < 4.78 is 27.8. The Morgan fingerprint density at radius 2 is 1.91 bits per heavy atom. The Morgan fingerprint density at radius 3 is 2.73 bits per heavy atom. The molecule has 0 saturated heterocycles. The van der Waals surface area contributed by atoms with Gasteiger partial charge in [-0.05, 0) is 66.2 Å². The molecule has 0 fully saturated rings. The average Bonchev–Trinajstić information content (AvgIpc) is 2.95. The van der Waals surface area contributed by atoms with Gasteiger partial charge in [0.05, 0.1) is 5.69 Å². The molecule has 0 unspecified atom stereocenters. The lowest BCUT2D eigenvalue weighted by molar-refractivity contribution is 0.0433. The number of anilines is 1. The van der Waals surface area contributed by atoms with Crippen LogP contribution in [0, 0.1) is 18.6 Å². The minimum Gasteiger partial charge on any atom is -0.285 e. The Kier molecular flexibility index (Phi) is 4.33. The summed E-state index contributed by atoms with van der Waals surface area (Å²) in [6.07, 6.45) is 3.31. The number of rotatable bonds is 4. The highest BCUT2D eigenvalue weighted by molar-refractivity contribution is 7.97. The van der Waals surface area contributed by atoms with E-state index in [9.17, 15) is 14.0 Å². The summed E-state index contributed by atoms with van der Waals surface area (Å²) in [6.45, 7) is 1.35. The fourth-order valence-electron chi connectivity index (χ4n) is 2.58. The fraction of sp³-hybridized carbons (Fsp3) is 0.250. The molecule has 0 atom stereocenters. The lowest BCUT2D eigenvalue weighted by Gasteiger charge is -2.17. The summed E-state index contributed by atoms with van der Waals surface area (Å²) in [6, 6.07) is 8.43. The molecule has 3 rings (SSSR count). The van der Waals surface area contributed by atoms with Gasteiger partial charge < -0.3 is 0 Å². The maximum absolute atomic E-state index is 13.9. The topological polar surface area (TPSA) is 35.5 Å². The molecule has 2 aromatic rings. The van der Waals surface area contributed by atoms with Gasteiger partial charge >= 0.3 is 0 Å². The maximum Gasteiger partial charge on any atom is 0.153 e. The van der Waals surface area contributed by atoms with Crippen molar-refractivity contribution in [2.45, 2.75) is 31.1 Å². The molecule has 1 aliphatic rings. The third kappa shape index (κ3) is 3.09. The van der Waals surface area contributed by atoms with Crippen molar-refractivity contribution in [3.05, 3.63) is 58.7 Å². The Labute approximate surface area is 132 Å². The summed E-state index contributed by atoms with van der Waals surface area (Å²) in [7, 11) is 0. The molecule has 3 nitrogen and oxygen atoms in total. The standard InChI is InChI=1S/C16H16F2N2OS/c1-10-14(17)7-8-15(16(10)18)19-20(21)22-13-6-5-11-3-2-4-12(11)9-13/h5-9,19,21H,2-4H2,1H3. The average molecular weight is 322 g/mol. The molecular formula is C16H16F2N2OS. The predicted octanol–water partition coefficient (Wildman–Crippen LogP) is 4.49. The van der Waals surface area contributed by atoms with Gasteiger partial charge in [0.1, 0.15) is 5.82 Å². The molecule has 0 aliphatic heterocycles. The number of nitrogens with zero attached hydrogens (tertiary/aromatic N) is 1. The molecule has 0 bridgehead atoms. The minimum atomic E-state index is -0.714. The van der Waals surface area contributed by atoms with Gasteiger partial charge in [0.2, 0.25) is 0 Å². The van der Waals surface area contributed by atoms with Crippen molar-refractivity contribution in [1.29, 1.82) is 0 Å². The second-order valence-electron chi connectivity index (χ2n) is 5.29. The van der Waals surface area contributed by atoms with Gasteiger partial charge in [-0.3, -0.25) is 10.6 Å². The Hall–Kier alpha value is -1.63. The lowest BCUT2D eigenvalue weighted by atomic mass is 10.1. The van der Waals surface area contributed by atoms with E-state index >= 15 is 0 Å². The molecular weight excluding hydrogens is 306 g/mol. The van der Waals surface area contributed by atoms with Crippen molar-refractivity contribution in [3.8, 4) is 0 Å². The quantitative estimate of drug-likeness (QED) is 0.642. The Balaban J connectivity index is 1.70. The highest BCUT2D eigenvalue weighted by Crippen LogP contribution is 2.29. The second-order valence-corrected chi connectivity index (χ2v) is 6.29. The Morgan fingerprint density at radius 1 is 1.14 bits per heavy atom. The van der Waals surface area contributed by atoms with Crippen LogP contribution < -0.4 is 5.43 Å². The molecule has 22 heavy (non-hydrogen) atoms. The number of hydrogen-bond acceptors (Lipinski definition) is 4. The van der Waals surface area contributed by atoms with Crippen LogP contribution >= 0.6 is 11.9 Å². The molecule has 0 amide bonds. The van der Waals surface area contributed by atoms with E-state index in [0.29, 0.717) is 0 Å². The van der Waals surface area contributed by atoms with Gasteiger partial charge in [-0.1, -0.05) is 6.07 Å². The number of hydrazine groups is 1. The molecule has 0 spiro atoms. The van der Waals surface area contributed by atoms with Crippen molar-refractivity contribution in [3.63, 3.8) is 0 Å². The molecule has 2 aromatic carbocycles. The monoisotopic (exact) mass is 322 g/mol. The molecule has 0 saturated carbocycles. The maximum atomic E-state index is 13.9. The third-order valence-electron chi connectivity index (χ3n) is 3.80. The van der Waals surface area contributed by atoms with Crippen LogP contribution in [0.4, 0.5) is 14.5 Å². The van der Waals surface area contributed by atoms with Crippen LogP contribution in [0.3, 0.4) is 0 Å². The molecule has 0 aromatic heterocycles. The van der Waals surface area contributed by atoms with Crippen LogP contribution in [0.2, 0.25) is 0 Å². The van der Waals surface area contributed by atoms with E-state index in [1.54, 1.807) is 0 Å². The third-order valence-corrected chi connectivity index (χ3v) is 4.53. The number of hydrogen-bond donors (Lipinski definition) is 2. The van der Waals surface area contributed by atoms with E-state index in [2.05, 4.69) is 11.5 Å². The number of halogens is 2. The van der Waals surface area contributed by atoms with E-state index in [0.717, 1.165) is 46.7 Å². The van der Waals surface area contributed by atoms with E-state index in [-0.39, 0.29) is 11.3 Å². The second kappa shape index (κ2) is 6.24. The molecule has 2 N–H and O–H groups in total. The molecule has 1 aliphatic carbocycles. The smallest absolute Gasteiger partial charge is 0.153 e. The fourth-order valence-corrected chi connectivity index (χ4v) is 3.25. The molecule has 0 radical (unpaired) electrons. The van der Waals surface area contributed by atoms with E-state index in [1.165, 1.54) is 24.1 Å². The van der Waals surface area contributed by atoms with E-state index in [4.69, 9.17) is 0 Å². The van der Waals surface area contributed by atoms with Gasteiger partial charge in [-0.2, -0.15) is 0 Å². The first-order chi connectivity index (χ1) is 10.5. The van der Waals surface area contributed by atoms with Crippen molar-refractivity contribution in [2.75, 3.05) is 5.43 Å². The van der Waals surface area contributed by atoms with Crippen LogP contribution in [0.5, 0.6) is 0 Å². The van der Waals surface area contributed by atoms with Crippen molar-refractivity contribution in [2.24, 2.45) is 0 Å². The van der Waals surface area contributed by atoms with Crippen molar-refractivity contribution >= 4 is 17.6 Å². The van der Waals surface area contributed by atoms with Crippen molar-refractivity contribution in [1.82, 2.24) is 4.58 Å². The largest absolute Gasteiger partial charge is 0.285 e. The van der Waals surface area contributed by atoms with E-state index < -0.39 is 11.6 Å². The lowest BCUT2D eigenvalue weighted by Crippen LogP contribution is -2.19. The summed E-state index contributed by atoms with van der Waals surface area (Å²) in [4.78, 5) is 0.856. The van der Waals surface area contributed by atoms with Crippen LogP contribution in [0.1, 0.15) is 23.1 Å². The first-order valence-electron chi connectivity index (χ1n) is 7.04. The summed E-state index contributed by atoms with van der Waals surface area (Å²) in [5.74, 6) is -1.33. The van der Waals surface area contributed by atoms with Crippen LogP contribution in [-0.4, -0.2) is 9.78 Å². The SMILES string of the molecule is Cc1c(F)ccc(NN(O)Sc2ccc3c(c2)CCC3)c1F. The number of nitrogens with one attached hydrogen (secondary N) is 1. The van der Waals surface area contributed by atoms with E-state index in [1.807, 2.05) is 12.1 Å². The van der Waals surface area contributed by atoms with Gasteiger partial charge in [-0.15, -0.1) is 0 Å². The van der Waals surface area contributed by atoms with Crippen LogP contribution in [0.15, 0.2) is 35.2 Å². The number of fused-ring (bicyclic) bond motifs is 1. The zero-order chi connectivity index (χ0) is 15.7.